The van der Waals surface area contributed by atoms with E-state index in [1.807, 2.05) is 18.2 Å². The first-order valence-corrected chi connectivity index (χ1v) is 19.8. The number of nitrogens with zero attached hydrogens (tertiary/aromatic N) is 2. The molecule has 0 fully saturated rings. The van der Waals surface area contributed by atoms with Gasteiger partial charge in [0.05, 0.1) is 22.8 Å². The van der Waals surface area contributed by atoms with E-state index in [0.29, 0.717) is 0 Å². The zero-order valence-electron chi connectivity index (χ0n) is 30.5. The standard InChI is InChI=1S/C49H39BrN4O/c1-2-3-19-45(50)55-36-22-20-35(21-23-36)49-43-30-28-41(53-43)47(33-15-9-5-10-16-33)39-26-24-37(51-39)46(32-13-7-4-8-14-32)38-25-27-40(52-38)48(34-17-11-6-12-18-34)42-29-31-44(49)54-42/h4-18,20-31,45,51,54H,2-3,19H2,1H3. The second-order valence-electron chi connectivity index (χ2n) is 13.8. The van der Waals surface area contributed by atoms with E-state index in [4.69, 9.17) is 14.7 Å². The number of ether oxygens (including phenoxy) is 1. The van der Waals surface area contributed by atoms with E-state index in [1.165, 1.54) is 0 Å². The van der Waals surface area contributed by atoms with E-state index >= 15 is 0 Å². The number of aromatic amines is 2. The van der Waals surface area contributed by atoms with E-state index < -0.39 is 0 Å². The highest BCUT2D eigenvalue weighted by atomic mass is 79.9. The van der Waals surface area contributed by atoms with Gasteiger partial charge in [0.2, 0.25) is 0 Å². The van der Waals surface area contributed by atoms with Crippen LogP contribution in [0.3, 0.4) is 0 Å². The van der Waals surface area contributed by atoms with Crippen molar-refractivity contribution in [3.63, 3.8) is 0 Å². The van der Waals surface area contributed by atoms with Crippen LogP contribution in [0.15, 0.2) is 140 Å². The summed E-state index contributed by atoms with van der Waals surface area (Å²) in [5, 5.41) is -0.0297. The maximum atomic E-state index is 6.23. The number of nitrogens with one attached hydrogen (secondary N) is 2. The third-order valence-corrected chi connectivity index (χ3v) is 10.8. The number of aromatic nitrogens is 4. The van der Waals surface area contributed by atoms with Crippen molar-refractivity contribution in [1.29, 1.82) is 0 Å². The van der Waals surface area contributed by atoms with Gasteiger partial charge < -0.3 is 14.7 Å². The minimum atomic E-state index is -0.0297. The number of hydrogen-bond acceptors (Lipinski definition) is 3. The Bertz CT molecular complexity index is 2680. The van der Waals surface area contributed by atoms with Crippen molar-refractivity contribution in [2.24, 2.45) is 0 Å². The normalized spacial score (nSPS) is 12.5. The molecule has 1 atom stereocenters. The van der Waals surface area contributed by atoms with Gasteiger partial charge >= 0.3 is 0 Å². The van der Waals surface area contributed by atoms with Gasteiger partial charge in [0, 0.05) is 44.3 Å². The van der Waals surface area contributed by atoms with Gasteiger partial charge in [-0.3, -0.25) is 0 Å². The highest BCUT2D eigenvalue weighted by Crippen LogP contribution is 2.38. The van der Waals surface area contributed by atoms with Crippen molar-refractivity contribution in [3.8, 4) is 50.3 Å². The molecule has 3 aromatic heterocycles. The Morgan fingerprint density at radius 1 is 0.473 bits per heavy atom. The van der Waals surface area contributed by atoms with E-state index in [-0.39, 0.29) is 5.01 Å². The lowest BCUT2D eigenvalue weighted by Crippen LogP contribution is -2.07. The highest BCUT2D eigenvalue weighted by Gasteiger charge is 2.19. The molecular formula is C49H39BrN4O. The third kappa shape index (κ3) is 6.97. The van der Waals surface area contributed by atoms with Gasteiger partial charge in [-0.15, -0.1) is 0 Å². The molecule has 6 heteroatoms. The average molecular weight is 780 g/mol. The van der Waals surface area contributed by atoms with Crippen LogP contribution in [-0.2, 0) is 0 Å². The smallest absolute Gasteiger partial charge is 0.153 e. The zero-order valence-corrected chi connectivity index (χ0v) is 32.1. The molecule has 0 saturated heterocycles. The Balaban J connectivity index is 1.37. The van der Waals surface area contributed by atoms with Gasteiger partial charge in [-0.05, 0) is 112 Å². The van der Waals surface area contributed by atoms with Crippen LogP contribution in [0, 0.1) is 0 Å². The Labute approximate surface area is 329 Å². The van der Waals surface area contributed by atoms with Crippen LogP contribution in [0.2, 0.25) is 0 Å². The van der Waals surface area contributed by atoms with Crippen molar-refractivity contribution in [1.82, 2.24) is 19.9 Å². The fraction of sp³-hybridized carbons (Fsp3) is 0.102. The summed E-state index contributed by atoms with van der Waals surface area (Å²) in [7, 11) is 0. The molecule has 0 radical (unpaired) electrons. The van der Waals surface area contributed by atoms with Crippen LogP contribution >= 0.6 is 15.9 Å². The molecule has 9 rings (SSSR count). The van der Waals surface area contributed by atoms with Crippen molar-refractivity contribution in [2.75, 3.05) is 0 Å². The fourth-order valence-electron chi connectivity index (χ4n) is 7.51. The minimum Gasteiger partial charge on any atom is -0.479 e. The fourth-order valence-corrected chi connectivity index (χ4v) is 8.05. The highest BCUT2D eigenvalue weighted by molar-refractivity contribution is 9.09. The van der Waals surface area contributed by atoms with E-state index in [0.717, 1.165) is 114 Å². The van der Waals surface area contributed by atoms with Crippen molar-refractivity contribution in [3.05, 3.63) is 162 Å². The molecule has 1 unspecified atom stereocenters. The maximum absolute atomic E-state index is 6.23. The first-order chi connectivity index (χ1) is 27.1. The molecule has 0 saturated carbocycles. The third-order valence-electron chi connectivity index (χ3n) is 10.1. The van der Waals surface area contributed by atoms with Gasteiger partial charge in [0.1, 0.15) is 5.75 Å². The second-order valence-corrected chi connectivity index (χ2v) is 14.8. The summed E-state index contributed by atoms with van der Waals surface area (Å²) in [5.41, 5.74) is 15.8. The number of H-pyrrole nitrogens is 2. The van der Waals surface area contributed by atoms with Gasteiger partial charge in [-0.2, -0.15) is 0 Å². The quantitative estimate of drug-likeness (QED) is 0.143. The summed E-state index contributed by atoms with van der Waals surface area (Å²) < 4.78 is 6.23. The number of benzene rings is 4. The van der Waals surface area contributed by atoms with Crippen LogP contribution in [0.4, 0.5) is 0 Å². The molecule has 5 heterocycles. The lowest BCUT2D eigenvalue weighted by molar-refractivity contribution is 0.279. The number of alkyl halides is 1. The Hall–Kier alpha value is -6.24. The van der Waals surface area contributed by atoms with Crippen LogP contribution in [-0.4, -0.2) is 24.9 Å². The van der Waals surface area contributed by atoms with Gasteiger partial charge in [0.25, 0.3) is 0 Å². The summed E-state index contributed by atoms with van der Waals surface area (Å²) >= 11 is 3.71. The largest absolute Gasteiger partial charge is 0.479 e. The molecule has 2 N–H and O–H groups in total. The summed E-state index contributed by atoms with van der Waals surface area (Å²) in [6, 6.07) is 48.5. The predicted molar refractivity (Wildman–Crippen MR) is 233 cm³/mol. The second kappa shape index (κ2) is 15.2. The van der Waals surface area contributed by atoms with E-state index in [1.54, 1.807) is 0 Å². The van der Waals surface area contributed by atoms with Crippen molar-refractivity contribution in [2.45, 2.75) is 31.2 Å². The molecule has 0 amide bonds. The van der Waals surface area contributed by atoms with Gasteiger partial charge in [-0.25, -0.2) is 9.97 Å². The Kier molecular flexibility index (Phi) is 9.57. The maximum Gasteiger partial charge on any atom is 0.153 e. The lowest BCUT2D eigenvalue weighted by Gasteiger charge is -2.13. The average Bonchev–Trinajstić information content (AvgIpc) is 4.07. The van der Waals surface area contributed by atoms with Gasteiger partial charge in [0.15, 0.2) is 5.01 Å². The van der Waals surface area contributed by atoms with Crippen LogP contribution in [0.25, 0.3) is 90.9 Å². The molecule has 4 aromatic carbocycles. The van der Waals surface area contributed by atoms with Gasteiger partial charge in [-0.1, -0.05) is 116 Å². The van der Waals surface area contributed by atoms with Crippen molar-refractivity contribution >= 4 is 62.3 Å². The van der Waals surface area contributed by atoms with Crippen molar-refractivity contribution < 1.29 is 4.74 Å². The number of halogens is 1. The van der Waals surface area contributed by atoms with Crippen LogP contribution in [0.5, 0.6) is 5.75 Å². The Morgan fingerprint density at radius 3 is 1.16 bits per heavy atom. The number of rotatable bonds is 9. The van der Waals surface area contributed by atoms with E-state index in [9.17, 15) is 0 Å². The number of fused-ring (bicyclic) bond motifs is 8. The van der Waals surface area contributed by atoms with E-state index in [2.05, 4.69) is 178 Å². The molecule has 0 aliphatic carbocycles. The summed E-state index contributed by atoms with van der Waals surface area (Å²) in [6.07, 6.45) is 11.7. The SMILES string of the molecule is CCCCC(Br)Oc1ccc(-c2c3nc(c(-c4ccccc4)c4ccc([nH]4)c(-c4ccccc4)c4nc(c(-c5ccccc5)c5ccc2[nH]5)C=C4)C=C3)cc1. The summed E-state index contributed by atoms with van der Waals surface area (Å²) in [6.45, 7) is 2.19. The first kappa shape index (κ1) is 34.5. The molecule has 0 spiro atoms. The molecule has 2 aliphatic heterocycles. The van der Waals surface area contributed by atoms with Crippen LogP contribution < -0.4 is 4.74 Å². The minimum absolute atomic E-state index is 0.0297. The topological polar surface area (TPSA) is 66.6 Å². The molecule has 2 aliphatic rings. The summed E-state index contributed by atoms with van der Waals surface area (Å²) in [4.78, 5) is 18.5. The first-order valence-electron chi connectivity index (χ1n) is 18.9. The molecule has 8 bridgehead atoms. The molecule has 7 aromatic rings. The lowest BCUT2D eigenvalue weighted by atomic mass is 10.0. The molecule has 268 valence electrons. The molecular weight excluding hydrogens is 740 g/mol. The molecule has 55 heavy (non-hydrogen) atoms. The monoisotopic (exact) mass is 778 g/mol. The molecule has 5 nitrogen and oxygen atoms in total. The number of unbranched alkanes of at least 4 members (excludes halogenated alkanes) is 1. The number of hydrogen-bond donors (Lipinski definition) is 2. The van der Waals surface area contributed by atoms with Crippen LogP contribution in [0.1, 0.15) is 49.0 Å². The summed E-state index contributed by atoms with van der Waals surface area (Å²) in [5.74, 6) is 0.825. The predicted octanol–water partition coefficient (Wildman–Crippen LogP) is 13.6. The zero-order chi connectivity index (χ0) is 37.1. The Morgan fingerprint density at radius 2 is 0.818 bits per heavy atom.